The third-order valence-electron chi connectivity index (χ3n) is 15.2. The number of nitrogens with one attached hydrogen (secondary N) is 3. The molecule has 0 heterocycles. The molecule has 0 aliphatic heterocycles. The summed E-state index contributed by atoms with van der Waals surface area (Å²) in [5.41, 5.74) is 0.456. The van der Waals surface area contributed by atoms with Crippen molar-refractivity contribution in [3.63, 3.8) is 0 Å². The van der Waals surface area contributed by atoms with Gasteiger partial charge in [0.2, 0.25) is 11.8 Å². The smallest absolute Gasteiger partial charge is 0.220 e. The van der Waals surface area contributed by atoms with Crippen LogP contribution in [-0.4, -0.2) is 60.4 Å². The topological polar surface area (TPSA) is 111 Å². The number of carbonyl (C=O) groups excluding carboxylic acids is 2. The summed E-state index contributed by atoms with van der Waals surface area (Å²) in [5.74, 6) is 3.49. The molecule has 5 N–H and O–H groups in total. The summed E-state index contributed by atoms with van der Waals surface area (Å²) in [6.45, 7) is 14.4. The Labute approximate surface area is 348 Å². The van der Waals surface area contributed by atoms with E-state index in [9.17, 15) is 19.8 Å². The molecule has 0 aromatic carbocycles. The number of unbranched alkanes of at least 4 members (excludes halogenated alkanes) is 1. The molecule has 0 radical (unpaired) electrons. The molecule has 7 heteroatoms. The first-order valence-electron chi connectivity index (χ1n) is 23.4. The van der Waals surface area contributed by atoms with Crippen molar-refractivity contribution in [2.45, 2.75) is 162 Å². The number of aliphatic hydroxyl groups is 2. The fourth-order valence-corrected chi connectivity index (χ4v) is 12.1. The number of hydrogen-bond acceptors (Lipinski definition) is 5. The molecule has 11 atom stereocenters. The van der Waals surface area contributed by atoms with E-state index in [1.54, 1.807) is 0 Å². The van der Waals surface area contributed by atoms with Crippen LogP contribution in [0.3, 0.4) is 0 Å². The van der Waals surface area contributed by atoms with Crippen LogP contribution in [-0.2, 0) is 9.59 Å². The molecule has 0 aromatic rings. The van der Waals surface area contributed by atoms with E-state index in [0.717, 1.165) is 77.0 Å². The lowest BCUT2D eigenvalue weighted by Crippen LogP contribution is -2.62. The predicted molar refractivity (Wildman–Crippen MR) is 237 cm³/mol. The highest BCUT2D eigenvalue weighted by Gasteiger charge is 2.64. The largest absolute Gasteiger partial charge is 0.393 e. The van der Waals surface area contributed by atoms with E-state index >= 15 is 0 Å². The Morgan fingerprint density at radius 1 is 0.684 bits per heavy atom. The molecule has 4 fully saturated rings. The second-order valence-corrected chi connectivity index (χ2v) is 18.7. The summed E-state index contributed by atoms with van der Waals surface area (Å²) in [5, 5.41) is 32.0. The SMILES string of the molecule is CC/C=C\C/C=C\C/C=C\C/C=C\C/C=C\CCCC(=O)NCCNCCNC(=O)CC[C@@H](C)C1CC[C@H]2[C@@H]3[C@H](O)[C@H](CC)[C@@H]4C[C@H](O)CC[C@]4(C)[C@H]3CC[C@]12C. The molecular weight excluding hydrogens is 707 g/mol. The van der Waals surface area contributed by atoms with Gasteiger partial charge in [0.25, 0.3) is 0 Å². The minimum absolute atomic E-state index is 0.0926. The molecule has 4 aliphatic carbocycles. The van der Waals surface area contributed by atoms with Crippen LogP contribution in [0.15, 0.2) is 60.8 Å². The van der Waals surface area contributed by atoms with Gasteiger partial charge in [-0.3, -0.25) is 9.59 Å². The Bertz CT molecular complexity index is 1350. The first-order chi connectivity index (χ1) is 27.6. The number of carbonyl (C=O) groups is 2. The van der Waals surface area contributed by atoms with Crippen LogP contribution >= 0.6 is 0 Å². The van der Waals surface area contributed by atoms with E-state index in [-0.39, 0.29) is 40.8 Å². The molecule has 1 unspecified atom stereocenters. The van der Waals surface area contributed by atoms with E-state index in [0.29, 0.717) is 74.5 Å². The van der Waals surface area contributed by atoms with Crippen LogP contribution in [0.4, 0.5) is 0 Å². The first-order valence-corrected chi connectivity index (χ1v) is 23.4. The van der Waals surface area contributed by atoms with Crippen molar-refractivity contribution in [3.05, 3.63) is 60.8 Å². The molecule has 0 spiro atoms. The van der Waals surface area contributed by atoms with Crippen LogP contribution in [0.1, 0.15) is 150 Å². The molecule has 4 aliphatic rings. The molecule has 322 valence electrons. The van der Waals surface area contributed by atoms with Gasteiger partial charge < -0.3 is 26.2 Å². The number of allylic oxidation sites excluding steroid dienone is 10. The van der Waals surface area contributed by atoms with Crippen molar-refractivity contribution in [3.8, 4) is 0 Å². The second kappa shape index (κ2) is 24.6. The lowest BCUT2D eigenvalue weighted by molar-refractivity contribution is -0.203. The van der Waals surface area contributed by atoms with Crippen molar-refractivity contribution in [2.24, 2.45) is 52.3 Å². The van der Waals surface area contributed by atoms with Gasteiger partial charge in [-0.1, -0.05) is 102 Å². The fraction of sp³-hybridized carbons (Fsp3) is 0.760. The average molecular weight is 790 g/mol. The van der Waals surface area contributed by atoms with E-state index in [2.05, 4.69) is 111 Å². The predicted octanol–water partition coefficient (Wildman–Crippen LogP) is 9.77. The maximum Gasteiger partial charge on any atom is 0.220 e. The highest BCUT2D eigenvalue weighted by Crippen LogP contribution is 2.69. The third-order valence-corrected chi connectivity index (χ3v) is 15.2. The summed E-state index contributed by atoms with van der Waals surface area (Å²) in [7, 11) is 0. The van der Waals surface area contributed by atoms with Gasteiger partial charge in [0, 0.05) is 39.0 Å². The molecular formula is C50H83N3O4. The lowest BCUT2D eigenvalue weighted by Gasteiger charge is -2.64. The Morgan fingerprint density at radius 2 is 1.25 bits per heavy atom. The van der Waals surface area contributed by atoms with Crippen LogP contribution < -0.4 is 16.0 Å². The highest BCUT2D eigenvalue weighted by molar-refractivity contribution is 5.76. The fourth-order valence-electron chi connectivity index (χ4n) is 12.1. The van der Waals surface area contributed by atoms with Crippen molar-refractivity contribution < 1.29 is 19.8 Å². The summed E-state index contributed by atoms with van der Waals surface area (Å²) < 4.78 is 0. The monoisotopic (exact) mass is 790 g/mol. The maximum absolute atomic E-state index is 12.8. The van der Waals surface area contributed by atoms with Gasteiger partial charge in [0.1, 0.15) is 0 Å². The number of rotatable bonds is 24. The number of fused-ring (bicyclic) bond motifs is 5. The number of hydrogen-bond donors (Lipinski definition) is 5. The van der Waals surface area contributed by atoms with Gasteiger partial charge in [-0.05, 0) is 149 Å². The normalized spacial score (nSPS) is 33.3. The molecule has 0 bridgehead atoms. The van der Waals surface area contributed by atoms with Crippen molar-refractivity contribution in [2.75, 3.05) is 26.2 Å². The number of aliphatic hydroxyl groups excluding tert-OH is 2. The zero-order valence-corrected chi connectivity index (χ0v) is 36.7. The minimum Gasteiger partial charge on any atom is -0.393 e. The molecule has 2 amide bonds. The highest BCUT2D eigenvalue weighted by atomic mass is 16.3. The van der Waals surface area contributed by atoms with E-state index in [1.165, 1.54) is 25.7 Å². The summed E-state index contributed by atoms with van der Waals surface area (Å²) in [4.78, 5) is 25.0. The Hall–Kier alpha value is -2.48. The summed E-state index contributed by atoms with van der Waals surface area (Å²) in [6.07, 6.45) is 39.0. The van der Waals surface area contributed by atoms with E-state index < -0.39 is 0 Å². The van der Waals surface area contributed by atoms with Gasteiger partial charge in [-0.2, -0.15) is 0 Å². The van der Waals surface area contributed by atoms with Crippen molar-refractivity contribution in [1.82, 2.24) is 16.0 Å². The quantitative estimate of drug-likeness (QED) is 0.0494. The molecule has 0 saturated heterocycles. The van der Waals surface area contributed by atoms with Gasteiger partial charge in [-0.15, -0.1) is 0 Å². The van der Waals surface area contributed by atoms with Gasteiger partial charge in [0.15, 0.2) is 0 Å². The zero-order valence-electron chi connectivity index (χ0n) is 36.7. The first kappa shape index (κ1) is 47.2. The summed E-state index contributed by atoms with van der Waals surface area (Å²) >= 11 is 0. The Balaban J connectivity index is 1.01. The van der Waals surface area contributed by atoms with Gasteiger partial charge >= 0.3 is 0 Å². The maximum atomic E-state index is 12.8. The van der Waals surface area contributed by atoms with Crippen LogP contribution in [0, 0.1) is 52.3 Å². The van der Waals surface area contributed by atoms with Crippen molar-refractivity contribution in [1.29, 1.82) is 0 Å². The standard InChI is InChI=1S/C50H83N3O4/c1-6-8-9-10-11-12-13-14-15-16-17-18-19-20-21-22-23-24-45(55)52-35-33-51-34-36-53-46(56)28-25-38(3)41-26-27-42-47-43(30-32-49(41,42)4)50(5)31-29-39(54)37-44(50)40(7-2)48(47)57/h8-9,11-12,14-15,17-18,20-21,38-44,47-48,51,54,57H,6-7,10,13,16,19,22-37H2,1-5H3,(H,52,55)(H,53,56)/b9-8-,12-11-,15-14-,18-17-,21-20-/t38-,39-,40-,41?,42+,43+,44+,47+,48-,49-,50-/m1/s1. The zero-order chi connectivity index (χ0) is 41.1. The molecule has 4 rings (SSSR count). The molecule has 4 saturated carbocycles. The van der Waals surface area contributed by atoms with E-state index in [4.69, 9.17) is 0 Å². The molecule has 57 heavy (non-hydrogen) atoms. The lowest BCUT2D eigenvalue weighted by atomic mass is 9.41. The van der Waals surface area contributed by atoms with Crippen molar-refractivity contribution >= 4 is 11.8 Å². The Kier molecular flexibility index (Phi) is 20.3. The molecule has 7 nitrogen and oxygen atoms in total. The van der Waals surface area contributed by atoms with Crippen LogP contribution in [0.5, 0.6) is 0 Å². The second-order valence-electron chi connectivity index (χ2n) is 18.7. The van der Waals surface area contributed by atoms with Crippen LogP contribution in [0.25, 0.3) is 0 Å². The van der Waals surface area contributed by atoms with E-state index in [1.807, 2.05) is 0 Å². The molecule has 0 aromatic heterocycles. The average Bonchev–Trinajstić information content (AvgIpc) is 3.55. The van der Waals surface area contributed by atoms with Crippen LogP contribution in [0.2, 0.25) is 0 Å². The Morgan fingerprint density at radius 3 is 1.86 bits per heavy atom. The summed E-state index contributed by atoms with van der Waals surface area (Å²) in [6, 6.07) is 0. The minimum atomic E-state index is -0.261. The third kappa shape index (κ3) is 13.5. The van der Waals surface area contributed by atoms with Gasteiger partial charge in [0.05, 0.1) is 12.2 Å². The van der Waals surface area contributed by atoms with Gasteiger partial charge in [-0.25, -0.2) is 0 Å². The number of amides is 2.